The number of fused-ring (bicyclic) bond motifs is 8. The van der Waals surface area contributed by atoms with Crippen molar-refractivity contribution < 1.29 is 9.90 Å². The van der Waals surface area contributed by atoms with Gasteiger partial charge in [-0.3, -0.25) is 4.98 Å². The van der Waals surface area contributed by atoms with Crippen molar-refractivity contribution in [2.75, 3.05) is 0 Å². The summed E-state index contributed by atoms with van der Waals surface area (Å²) in [6, 6.07) is 7.68. The standard InChI is InChI=1S/C20H19N3O2/c1-18(2)19(3)8-9-20(18,17(24)25)16-15(19)22-13-7-6-12-11(14(13)23-16)5-4-10-21-12/h4-7,10H,8-9H2,1-3H3,(H,24,25)/p-1/t19-,20+/m0/s1. The molecule has 2 aliphatic carbocycles. The minimum atomic E-state index is -1.08. The van der Waals surface area contributed by atoms with Crippen LogP contribution < -0.4 is 5.11 Å². The molecule has 5 rings (SSSR count). The molecule has 3 aromatic rings. The maximum atomic E-state index is 12.3. The van der Waals surface area contributed by atoms with Crippen LogP contribution in [-0.2, 0) is 15.6 Å². The number of carboxylic acid groups (broad SMARTS) is 1. The van der Waals surface area contributed by atoms with E-state index in [0.29, 0.717) is 12.1 Å². The first-order chi connectivity index (χ1) is 11.8. The number of rotatable bonds is 1. The van der Waals surface area contributed by atoms with Crippen LogP contribution in [0.25, 0.3) is 21.9 Å². The molecule has 0 spiro atoms. The summed E-state index contributed by atoms with van der Waals surface area (Å²) in [4.78, 5) is 26.5. The van der Waals surface area contributed by atoms with Crippen LogP contribution in [0.2, 0.25) is 0 Å². The molecule has 126 valence electrons. The van der Waals surface area contributed by atoms with Gasteiger partial charge >= 0.3 is 0 Å². The topological polar surface area (TPSA) is 78.8 Å². The Kier molecular flexibility index (Phi) is 2.45. The minimum absolute atomic E-state index is 0.312. The van der Waals surface area contributed by atoms with Crippen LogP contribution in [0, 0.1) is 5.41 Å². The molecule has 0 saturated heterocycles. The van der Waals surface area contributed by atoms with Gasteiger partial charge in [-0.05, 0) is 42.5 Å². The molecule has 5 nitrogen and oxygen atoms in total. The predicted octanol–water partition coefficient (Wildman–Crippen LogP) is 2.26. The Balaban J connectivity index is 1.95. The van der Waals surface area contributed by atoms with E-state index in [1.165, 1.54) is 0 Å². The molecule has 0 aliphatic heterocycles. The van der Waals surface area contributed by atoms with E-state index in [1.807, 2.05) is 38.1 Å². The van der Waals surface area contributed by atoms with Gasteiger partial charge in [-0.15, -0.1) is 0 Å². The molecule has 2 atom stereocenters. The Labute approximate surface area is 145 Å². The highest BCUT2D eigenvalue weighted by Gasteiger charge is 2.70. The van der Waals surface area contributed by atoms with Gasteiger partial charge in [0.2, 0.25) is 0 Å². The van der Waals surface area contributed by atoms with Gasteiger partial charge in [-0.25, -0.2) is 9.97 Å². The first-order valence-electron chi connectivity index (χ1n) is 8.61. The molecule has 2 heterocycles. The van der Waals surface area contributed by atoms with Crippen molar-refractivity contribution in [2.24, 2.45) is 5.41 Å². The SMILES string of the molecule is CC1(C)[C@@]2(C)CC[C@]1(C(=O)[O-])c1nc3c(ccc4ncccc43)nc12. The predicted molar refractivity (Wildman–Crippen MR) is 91.9 cm³/mol. The van der Waals surface area contributed by atoms with Gasteiger partial charge in [-0.1, -0.05) is 20.8 Å². The fraction of sp³-hybridized carbons (Fsp3) is 0.400. The number of carbonyl (C=O) groups is 1. The number of hydrogen-bond acceptors (Lipinski definition) is 5. The molecule has 0 unspecified atom stereocenters. The number of benzene rings is 1. The van der Waals surface area contributed by atoms with E-state index in [0.717, 1.165) is 34.1 Å². The summed E-state index contributed by atoms with van der Waals surface area (Å²) in [5.41, 5.74) is 1.87. The highest BCUT2D eigenvalue weighted by molar-refractivity contribution is 6.02. The van der Waals surface area contributed by atoms with Crippen molar-refractivity contribution in [3.8, 4) is 0 Å². The molecular formula is C20H18N3O2-. The summed E-state index contributed by atoms with van der Waals surface area (Å²) >= 11 is 0. The van der Waals surface area contributed by atoms with E-state index in [2.05, 4.69) is 11.9 Å². The van der Waals surface area contributed by atoms with E-state index in [9.17, 15) is 9.90 Å². The number of aliphatic carboxylic acids is 1. The van der Waals surface area contributed by atoms with Crippen molar-refractivity contribution in [3.63, 3.8) is 0 Å². The summed E-state index contributed by atoms with van der Waals surface area (Å²) in [6.45, 7) is 6.15. The minimum Gasteiger partial charge on any atom is -0.549 e. The molecule has 5 heteroatoms. The molecular weight excluding hydrogens is 314 g/mol. The van der Waals surface area contributed by atoms with Crippen LogP contribution in [0.4, 0.5) is 0 Å². The van der Waals surface area contributed by atoms with Crippen LogP contribution in [0.1, 0.15) is 45.0 Å². The van der Waals surface area contributed by atoms with Crippen molar-refractivity contribution >= 4 is 27.9 Å². The lowest BCUT2D eigenvalue weighted by Gasteiger charge is -2.41. The van der Waals surface area contributed by atoms with Crippen LogP contribution in [-0.4, -0.2) is 20.9 Å². The Hall–Kier alpha value is -2.56. The second-order valence-corrected chi connectivity index (χ2v) is 8.07. The Morgan fingerprint density at radius 1 is 1.04 bits per heavy atom. The molecule has 1 fully saturated rings. The molecule has 2 bridgehead atoms. The van der Waals surface area contributed by atoms with Crippen LogP contribution in [0.5, 0.6) is 0 Å². The lowest BCUT2D eigenvalue weighted by Crippen LogP contribution is -2.52. The average molecular weight is 332 g/mol. The molecule has 2 aliphatic rings. The Morgan fingerprint density at radius 2 is 1.80 bits per heavy atom. The number of hydrogen-bond donors (Lipinski definition) is 0. The number of nitrogens with zero attached hydrogens (tertiary/aromatic N) is 3. The first kappa shape index (κ1) is 14.8. The van der Waals surface area contributed by atoms with Gasteiger partial charge < -0.3 is 9.90 Å². The van der Waals surface area contributed by atoms with E-state index in [4.69, 9.17) is 9.97 Å². The molecule has 2 aromatic heterocycles. The quantitative estimate of drug-likeness (QED) is 0.639. The molecule has 1 aromatic carbocycles. The van der Waals surface area contributed by atoms with Crippen molar-refractivity contribution in [3.05, 3.63) is 41.9 Å². The molecule has 25 heavy (non-hydrogen) atoms. The van der Waals surface area contributed by atoms with Crippen molar-refractivity contribution in [1.82, 2.24) is 15.0 Å². The maximum Gasteiger partial charge on any atom is 0.0984 e. The van der Waals surface area contributed by atoms with Crippen LogP contribution in [0.15, 0.2) is 30.5 Å². The van der Waals surface area contributed by atoms with E-state index >= 15 is 0 Å². The highest BCUT2D eigenvalue weighted by atomic mass is 16.4. The van der Waals surface area contributed by atoms with Gasteiger partial charge in [0.1, 0.15) is 0 Å². The summed E-state index contributed by atoms with van der Waals surface area (Å²) in [5.74, 6) is -1.04. The van der Waals surface area contributed by atoms with Gasteiger partial charge in [0, 0.05) is 17.0 Å². The lowest BCUT2D eigenvalue weighted by atomic mass is 9.64. The Bertz CT molecular complexity index is 1090. The fourth-order valence-corrected chi connectivity index (χ4v) is 5.17. The average Bonchev–Trinajstić information content (AvgIpc) is 2.89. The summed E-state index contributed by atoms with van der Waals surface area (Å²) in [7, 11) is 0. The summed E-state index contributed by atoms with van der Waals surface area (Å²) in [6.07, 6.45) is 3.08. The second kappa shape index (κ2) is 4.15. The fourth-order valence-electron chi connectivity index (χ4n) is 5.17. The monoisotopic (exact) mass is 332 g/mol. The van der Waals surface area contributed by atoms with Crippen LogP contribution in [0.3, 0.4) is 0 Å². The molecule has 0 amide bonds. The van der Waals surface area contributed by atoms with Gasteiger partial charge in [0.15, 0.2) is 0 Å². The van der Waals surface area contributed by atoms with Gasteiger partial charge in [-0.2, -0.15) is 0 Å². The van der Waals surface area contributed by atoms with Crippen molar-refractivity contribution in [1.29, 1.82) is 0 Å². The van der Waals surface area contributed by atoms with Crippen LogP contribution >= 0.6 is 0 Å². The zero-order valence-electron chi connectivity index (χ0n) is 14.5. The smallest absolute Gasteiger partial charge is 0.0984 e. The third-order valence-corrected chi connectivity index (χ3v) is 7.14. The lowest BCUT2D eigenvalue weighted by molar-refractivity contribution is -0.317. The summed E-state index contributed by atoms with van der Waals surface area (Å²) < 4.78 is 0. The van der Waals surface area contributed by atoms with Crippen molar-refractivity contribution in [2.45, 2.75) is 44.4 Å². The molecule has 1 saturated carbocycles. The zero-order valence-corrected chi connectivity index (χ0v) is 14.5. The number of pyridine rings is 1. The first-order valence-corrected chi connectivity index (χ1v) is 8.61. The molecule has 0 radical (unpaired) electrons. The molecule has 0 N–H and O–H groups in total. The third kappa shape index (κ3) is 1.39. The number of carboxylic acids is 1. The largest absolute Gasteiger partial charge is 0.549 e. The Morgan fingerprint density at radius 3 is 2.56 bits per heavy atom. The normalized spacial score (nSPS) is 29.2. The van der Waals surface area contributed by atoms with E-state index < -0.39 is 16.8 Å². The second-order valence-electron chi connectivity index (χ2n) is 8.07. The van der Waals surface area contributed by atoms with E-state index in [1.54, 1.807) is 6.20 Å². The van der Waals surface area contributed by atoms with Gasteiger partial charge in [0.05, 0.1) is 39.3 Å². The zero-order chi connectivity index (χ0) is 17.6. The maximum absolute atomic E-state index is 12.3. The van der Waals surface area contributed by atoms with Gasteiger partial charge in [0.25, 0.3) is 0 Å². The third-order valence-electron chi connectivity index (χ3n) is 7.14. The number of aromatic nitrogens is 3. The highest BCUT2D eigenvalue weighted by Crippen LogP contribution is 2.69. The van der Waals surface area contributed by atoms with E-state index in [-0.39, 0.29) is 5.41 Å². The summed E-state index contributed by atoms with van der Waals surface area (Å²) in [5, 5.41) is 13.2. The number of carbonyl (C=O) groups excluding carboxylic acids is 1.